The predicted molar refractivity (Wildman–Crippen MR) is 86.5 cm³/mol. The number of carboxylic acid groups (broad SMARTS) is 1. The minimum Gasteiger partial charge on any atom is -0.477 e. The number of carbonyl (C=O) groups excluding carboxylic acids is 2. The number of nitrogens with one attached hydrogen (secondary N) is 1. The quantitative estimate of drug-likeness (QED) is 0.869. The number of piperidine rings is 1. The minimum atomic E-state index is -0.960. The third-order valence-electron chi connectivity index (χ3n) is 3.75. The van der Waals surface area contributed by atoms with Gasteiger partial charge in [-0.25, -0.2) is 9.59 Å². The molecule has 0 bridgehead atoms. The summed E-state index contributed by atoms with van der Waals surface area (Å²) in [5, 5.41) is 11.7. The van der Waals surface area contributed by atoms with Crippen molar-refractivity contribution in [2.75, 3.05) is 27.2 Å². The van der Waals surface area contributed by atoms with E-state index in [1.807, 2.05) is 0 Å². The molecule has 1 aromatic heterocycles. The van der Waals surface area contributed by atoms with Gasteiger partial charge < -0.3 is 20.2 Å². The van der Waals surface area contributed by atoms with Crippen LogP contribution in [0, 0.1) is 5.92 Å². The molecule has 2 N–H and O–H groups in total. The number of aromatic carboxylic acids is 1. The Morgan fingerprint density at radius 1 is 1.39 bits per heavy atom. The molecule has 3 amide bonds. The molecule has 2 heterocycles. The van der Waals surface area contributed by atoms with Crippen LogP contribution in [0.1, 0.15) is 27.4 Å². The Balaban J connectivity index is 1.87. The molecule has 1 saturated heterocycles. The van der Waals surface area contributed by atoms with Gasteiger partial charge in [0.25, 0.3) is 0 Å². The van der Waals surface area contributed by atoms with Gasteiger partial charge in [-0.05, 0) is 25.0 Å². The molecular formula is C15H21N3O4S. The fourth-order valence-corrected chi connectivity index (χ4v) is 3.34. The van der Waals surface area contributed by atoms with Crippen LogP contribution in [0.25, 0.3) is 0 Å². The zero-order chi connectivity index (χ0) is 17.0. The highest BCUT2D eigenvalue weighted by molar-refractivity contribution is 7.13. The minimum absolute atomic E-state index is 0.0770. The number of carboxylic acids is 1. The summed E-state index contributed by atoms with van der Waals surface area (Å²) in [7, 11) is 3.39. The maximum atomic E-state index is 12.3. The van der Waals surface area contributed by atoms with Crippen LogP contribution < -0.4 is 5.32 Å². The van der Waals surface area contributed by atoms with Gasteiger partial charge >= 0.3 is 12.0 Å². The molecule has 0 radical (unpaired) electrons. The molecule has 1 fully saturated rings. The molecule has 23 heavy (non-hydrogen) atoms. The van der Waals surface area contributed by atoms with Crippen molar-refractivity contribution in [3.8, 4) is 0 Å². The number of hydrogen-bond acceptors (Lipinski definition) is 4. The lowest BCUT2D eigenvalue weighted by molar-refractivity contribution is -0.126. The maximum Gasteiger partial charge on any atom is 0.345 e. The van der Waals surface area contributed by atoms with Crippen molar-refractivity contribution in [2.24, 2.45) is 5.92 Å². The van der Waals surface area contributed by atoms with Crippen LogP contribution in [0.4, 0.5) is 4.79 Å². The molecule has 2 rings (SSSR count). The largest absolute Gasteiger partial charge is 0.477 e. The highest BCUT2D eigenvalue weighted by Gasteiger charge is 2.29. The highest BCUT2D eigenvalue weighted by atomic mass is 32.1. The van der Waals surface area contributed by atoms with Crippen molar-refractivity contribution in [3.63, 3.8) is 0 Å². The van der Waals surface area contributed by atoms with E-state index in [4.69, 9.17) is 5.11 Å². The molecule has 0 aromatic carbocycles. The van der Waals surface area contributed by atoms with E-state index in [9.17, 15) is 14.4 Å². The number of amides is 3. The number of hydrogen-bond donors (Lipinski definition) is 2. The fourth-order valence-electron chi connectivity index (χ4n) is 2.55. The monoisotopic (exact) mass is 339 g/mol. The molecule has 0 spiro atoms. The van der Waals surface area contributed by atoms with Crippen LogP contribution in [0.3, 0.4) is 0 Å². The second kappa shape index (κ2) is 7.45. The Bertz CT molecular complexity index is 599. The highest BCUT2D eigenvalue weighted by Crippen LogP contribution is 2.19. The van der Waals surface area contributed by atoms with Crippen molar-refractivity contribution in [2.45, 2.75) is 19.4 Å². The van der Waals surface area contributed by atoms with E-state index in [0.717, 1.165) is 29.1 Å². The zero-order valence-electron chi connectivity index (χ0n) is 13.2. The predicted octanol–water partition coefficient (Wildman–Crippen LogP) is 1.46. The van der Waals surface area contributed by atoms with E-state index < -0.39 is 5.97 Å². The first kappa shape index (κ1) is 17.3. The number of carbonyl (C=O) groups is 3. The standard InChI is InChI=1S/C15H21N3O4S/c1-17(2)15(22)18-7-3-4-10(9-18)13(19)16-8-11-5-6-12(23-11)14(20)21/h5-6,10H,3-4,7-9H2,1-2H3,(H,16,19)(H,20,21)/t10-/m0/s1. The smallest absolute Gasteiger partial charge is 0.345 e. The Morgan fingerprint density at radius 2 is 2.13 bits per heavy atom. The van der Waals surface area contributed by atoms with Gasteiger partial charge in [0, 0.05) is 32.1 Å². The third-order valence-corrected chi connectivity index (χ3v) is 4.83. The van der Waals surface area contributed by atoms with Crippen LogP contribution in [-0.2, 0) is 11.3 Å². The third kappa shape index (κ3) is 4.44. The summed E-state index contributed by atoms with van der Waals surface area (Å²) < 4.78 is 0. The van der Waals surface area contributed by atoms with E-state index >= 15 is 0 Å². The molecule has 0 unspecified atom stereocenters. The first-order valence-corrected chi connectivity index (χ1v) is 8.26. The second-order valence-electron chi connectivity index (χ2n) is 5.75. The van der Waals surface area contributed by atoms with Gasteiger partial charge in [0.2, 0.25) is 5.91 Å². The van der Waals surface area contributed by atoms with Crippen LogP contribution >= 0.6 is 11.3 Å². The summed E-state index contributed by atoms with van der Waals surface area (Å²) in [5.41, 5.74) is 0. The molecule has 1 atom stereocenters. The van der Waals surface area contributed by atoms with Crippen LogP contribution in [-0.4, -0.2) is 60.0 Å². The maximum absolute atomic E-state index is 12.3. The first-order chi connectivity index (χ1) is 10.9. The van der Waals surface area contributed by atoms with Gasteiger partial charge in [-0.3, -0.25) is 4.79 Å². The number of rotatable bonds is 4. The lowest BCUT2D eigenvalue weighted by Gasteiger charge is -2.33. The van der Waals surface area contributed by atoms with Gasteiger partial charge in [0.15, 0.2) is 0 Å². The molecular weight excluding hydrogens is 318 g/mol. The summed E-state index contributed by atoms with van der Waals surface area (Å²) >= 11 is 1.15. The molecule has 126 valence electrons. The Hall–Kier alpha value is -2.09. The van der Waals surface area contributed by atoms with Crippen LogP contribution in [0.15, 0.2) is 12.1 Å². The van der Waals surface area contributed by atoms with Crippen molar-refractivity contribution >= 4 is 29.2 Å². The summed E-state index contributed by atoms with van der Waals surface area (Å²) in [6, 6.07) is 3.16. The lowest BCUT2D eigenvalue weighted by Crippen LogP contribution is -2.48. The molecule has 1 aromatic rings. The molecule has 8 heteroatoms. The Kier molecular flexibility index (Phi) is 5.59. The van der Waals surface area contributed by atoms with Crippen molar-refractivity contribution in [3.05, 3.63) is 21.9 Å². The summed E-state index contributed by atoms with van der Waals surface area (Å²) in [4.78, 5) is 39.4. The number of urea groups is 1. The molecule has 1 aliphatic heterocycles. The molecule has 7 nitrogen and oxygen atoms in total. The van der Waals surface area contributed by atoms with Crippen molar-refractivity contribution in [1.82, 2.24) is 15.1 Å². The average molecular weight is 339 g/mol. The lowest BCUT2D eigenvalue weighted by atomic mass is 9.97. The topological polar surface area (TPSA) is 90.0 Å². The number of thiophene rings is 1. The van der Waals surface area contributed by atoms with Gasteiger partial charge in [-0.2, -0.15) is 0 Å². The van der Waals surface area contributed by atoms with E-state index in [2.05, 4.69) is 5.32 Å². The second-order valence-corrected chi connectivity index (χ2v) is 6.92. The van der Waals surface area contributed by atoms with Gasteiger partial charge in [-0.1, -0.05) is 0 Å². The summed E-state index contributed by atoms with van der Waals surface area (Å²) in [5.74, 6) is -1.27. The average Bonchev–Trinajstić information content (AvgIpc) is 3.01. The molecule has 1 aliphatic rings. The Morgan fingerprint density at radius 3 is 2.74 bits per heavy atom. The van der Waals surface area contributed by atoms with Gasteiger partial charge in [-0.15, -0.1) is 11.3 Å². The fraction of sp³-hybridized carbons (Fsp3) is 0.533. The van der Waals surface area contributed by atoms with Crippen molar-refractivity contribution < 1.29 is 19.5 Å². The summed E-state index contributed by atoms with van der Waals surface area (Å²) in [6.45, 7) is 1.41. The van der Waals surface area contributed by atoms with Crippen LogP contribution in [0.5, 0.6) is 0 Å². The van der Waals surface area contributed by atoms with E-state index in [-0.39, 0.29) is 22.7 Å². The number of nitrogens with zero attached hydrogens (tertiary/aromatic N) is 2. The first-order valence-electron chi connectivity index (χ1n) is 7.44. The van der Waals surface area contributed by atoms with E-state index in [1.54, 1.807) is 25.1 Å². The normalized spacial score (nSPS) is 17.7. The van der Waals surface area contributed by atoms with E-state index in [0.29, 0.717) is 19.6 Å². The summed E-state index contributed by atoms with van der Waals surface area (Å²) in [6.07, 6.45) is 1.56. The SMILES string of the molecule is CN(C)C(=O)N1CCC[C@H](C(=O)NCc2ccc(C(=O)O)s2)C1. The van der Waals surface area contributed by atoms with Gasteiger partial charge in [0.05, 0.1) is 12.5 Å². The van der Waals surface area contributed by atoms with Crippen LogP contribution in [0.2, 0.25) is 0 Å². The zero-order valence-corrected chi connectivity index (χ0v) is 14.1. The van der Waals surface area contributed by atoms with E-state index in [1.165, 1.54) is 11.0 Å². The number of likely N-dealkylation sites (tertiary alicyclic amines) is 1. The van der Waals surface area contributed by atoms with Crippen molar-refractivity contribution in [1.29, 1.82) is 0 Å². The molecule has 0 aliphatic carbocycles. The molecule has 0 saturated carbocycles. The van der Waals surface area contributed by atoms with Gasteiger partial charge in [0.1, 0.15) is 4.88 Å². The Labute approximate surface area is 138 Å².